The van der Waals surface area contributed by atoms with Gasteiger partial charge in [0.05, 0.1) is 13.2 Å². The van der Waals surface area contributed by atoms with Gasteiger partial charge in [-0.05, 0) is 19.4 Å². The number of amides is 1. The summed E-state index contributed by atoms with van der Waals surface area (Å²) in [7, 11) is 0. The molecule has 0 saturated carbocycles. The molecule has 0 aliphatic carbocycles. The van der Waals surface area contributed by atoms with Gasteiger partial charge in [0, 0.05) is 5.18 Å². The Hall–Kier alpha value is -3.10. The molecule has 0 aromatic heterocycles. The Morgan fingerprint density at radius 2 is 1.44 bits per heavy atom. The van der Waals surface area contributed by atoms with Crippen molar-refractivity contribution in [3.63, 3.8) is 0 Å². The van der Waals surface area contributed by atoms with E-state index in [1.54, 1.807) is 6.07 Å². The van der Waals surface area contributed by atoms with E-state index in [9.17, 15) is 24.1 Å². The second kappa shape index (κ2) is 9.91. The van der Waals surface area contributed by atoms with Crippen LogP contribution in [0.4, 0.5) is 0 Å². The first kappa shape index (κ1) is 19.9. The van der Waals surface area contributed by atoms with Gasteiger partial charge >= 0.3 is 23.8 Å². The van der Waals surface area contributed by atoms with Crippen LogP contribution < -0.4 is 0 Å². The van der Waals surface area contributed by atoms with Crippen molar-refractivity contribution in [3.05, 3.63) is 40.8 Å². The Morgan fingerprint density at radius 1 is 0.920 bits per heavy atom. The first-order chi connectivity index (χ1) is 12.0. The molecule has 1 atom stereocenters. The second-order valence-electron chi connectivity index (χ2n) is 4.59. The van der Waals surface area contributed by atoms with Gasteiger partial charge in [0.1, 0.15) is 0 Å². The number of carbonyl (C=O) groups is 4. The monoisotopic (exact) mass is 351 g/mol. The first-order valence-electron chi connectivity index (χ1n) is 7.42. The van der Waals surface area contributed by atoms with E-state index in [0.29, 0.717) is 0 Å². The number of nitroso groups, excluding NO2 is 1. The van der Waals surface area contributed by atoms with Gasteiger partial charge in [0.15, 0.2) is 5.92 Å². The molecule has 0 heterocycles. The summed E-state index contributed by atoms with van der Waals surface area (Å²) in [4.78, 5) is 58.3. The van der Waals surface area contributed by atoms with Gasteiger partial charge in [-0.1, -0.05) is 30.3 Å². The molecule has 0 radical (unpaired) electrons. The van der Waals surface area contributed by atoms with Crippen molar-refractivity contribution in [3.8, 4) is 0 Å². The van der Waals surface area contributed by atoms with Gasteiger partial charge in [-0.3, -0.25) is 9.59 Å². The van der Waals surface area contributed by atoms with Crippen molar-refractivity contribution in [2.45, 2.75) is 25.9 Å². The zero-order chi connectivity index (χ0) is 18.8. The quantitative estimate of drug-likeness (QED) is 0.295. The van der Waals surface area contributed by atoms with E-state index < -0.39 is 35.8 Å². The fourth-order valence-electron chi connectivity index (χ4n) is 1.89. The van der Waals surface area contributed by atoms with Crippen molar-refractivity contribution in [1.82, 2.24) is 0 Å². The zero-order valence-corrected chi connectivity index (χ0v) is 13.7. The lowest BCUT2D eigenvalue weighted by molar-refractivity contribution is -0.181. The van der Waals surface area contributed by atoms with Gasteiger partial charge in [0.2, 0.25) is 0 Å². The normalized spacial score (nSPS) is 11.3. The average molecular weight is 351 g/mol. The Morgan fingerprint density at radius 3 is 1.88 bits per heavy atom. The SMILES string of the molecule is CCOC(=O)C(OC(=O)C(C(=O)N=O)c1ccccc1)C(=O)OCC. The first-order valence-corrected chi connectivity index (χ1v) is 7.42. The third kappa shape index (κ3) is 5.48. The van der Waals surface area contributed by atoms with E-state index in [1.165, 1.54) is 38.1 Å². The highest BCUT2D eigenvalue weighted by molar-refractivity contribution is 6.06. The predicted molar refractivity (Wildman–Crippen MR) is 83.1 cm³/mol. The summed E-state index contributed by atoms with van der Waals surface area (Å²) in [6.45, 7) is 2.86. The van der Waals surface area contributed by atoms with Crippen LogP contribution in [0.25, 0.3) is 0 Å². The lowest BCUT2D eigenvalue weighted by Crippen LogP contribution is -2.40. The number of hydrogen-bond acceptors (Lipinski definition) is 8. The lowest BCUT2D eigenvalue weighted by atomic mass is 9.98. The Balaban J connectivity index is 3.09. The molecular formula is C16H17NO8. The van der Waals surface area contributed by atoms with E-state index in [2.05, 4.69) is 14.7 Å². The molecule has 1 amide bonds. The summed E-state index contributed by atoms with van der Waals surface area (Å²) >= 11 is 0. The molecule has 0 aliphatic heterocycles. The van der Waals surface area contributed by atoms with Crippen LogP contribution in [0.1, 0.15) is 25.3 Å². The molecule has 0 spiro atoms. The maximum absolute atomic E-state index is 12.3. The summed E-state index contributed by atoms with van der Waals surface area (Å²) < 4.78 is 14.1. The minimum atomic E-state index is -2.00. The number of benzene rings is 1. The van der Waals surface area contributed by atoms with Gasteiger partial charge in [0.25, 0.3) is 6.10 Å². The highest BCUT2D eigenvalue weighted by Crippen LogP contribution is 2.20. The summed E-state index contributed by atoms with van der Waals surface area (Å²) in [5, 5.41) is 2.23. The number of nitrogens with zero attached hydrogens (tertiary/aromatic N) is 1. The van der Waals surface area contributed by atoms with E-state index in [4.69, 9.17) is 4.74 Å². The molecule has 9 heteroatoms. The molecule has 25 heavy (non-hydrogen) atoms. The fourth-order valence-corrected chi connectivity index (χ4v) is 1.89. The number of ether oxygens (including phenoxy) is 3. The van der Waals surface area contributed by atoms with E-state index >= 15 is 0 Å². The van der Waals surface area contributed by atoms with Crippen LogP contribution in [-0.2, 0) is 33.4 Å². The molecule has 1 unspecified atom stereocenters. The van der Waals surface area contributed by atoms with Crippen molar-refractivity contribution in [1.29, 1.82) is 0 Å². The topological polar surface area (TPSA) is 125 Å². The summed E-state index contributed by atoms with van der Waals surface area (Å²) in [5.74, 6) is -6.60. The lowest BCUT2D eigenvalue weighted by Gasteiger charge is -2.18. The smallest absolute Gasteiger partial charge is 0.359 e. The molecule has 9 nitrogen and oxygen atoms in total. The van der Waals surface area contributed by atoms with Gasteiger partial charge in [-0.25, -0.2) is 9.59 Å². The Labute approximate surface area is 143 Å². The largest absolute Gasteiger partial charge is 0.463 e. The molecular weight excluding hydrogens is 334 g/mol. The zero-order valence-electron chi connectivity index (χ0n) is 13.7. The highest BCUT2D eigenvalue weighted by atomic mass is 16.6. The highest BCUT2D eigenvalue weighted by Gasteiger charge is 2.39. The maximum atomic E-state index is 12.3. The summed E-state index contributed by atoms with van der Waals surface area (Å²) in [6, 6.07) is 7.49. The van der Waals surface area contributed by atoms with Crippen molar-refractivity contribution in [2.75, 3.05) is 13.2 Å². The summed E-state index contributed by atoms with van der Waals surface area (Å²) in [6.07, 6.45) is -2.00. The van der Waals surface area contributed by atoms with Gasteiger partial charge in [-0.15, -0.1) is 4.91 Å². The molecule has 134 valence electrons. The molecule has 1 rings (SSSR count). The van der Waals surface area contributed by atoms with Crippen LogP contribution >= 0.6 is 0 Å². The second-order valence-corrected chi connectivity index (χ2v) is 4.59. The molecule has 1 aromatic rings. The number of rotatable bonds is 8. The van der Waals surface area contributed by atoms with Crippen LogP contribution in [0.5, 0.6) is 0 Å². The average Bonchev–Trinajstić information content (AvgIpc) is 2.60. The number of hydrogen-bond donors (Lipinski definition) is 0. The third-order valence-corrected chi connectivity index (χ3v) is 2.94. The standard InChI is InChI=1S/C16H17NO8/c1-3-23-15(20)12(16(21)24-4-2)25-14(19)11(13(18)17-22)10-8-6-5-7-9-10/h5-9,11-12H,3-4H2,1-2H3. The maximum Gasteiger partial charge on any atom is 0.359 e. The van der Waals surface area contributed by atoms with Crippen molar-refractivity contribution >= 4 is 23.8 Å². The third-order valence-electron chi connectivity index (χ3n) is 2.94. The molecule has 0 bridgehead atoms. The van der Waals surface area contributed by atoms with E-state index in [-0.39, 0.29) is 18.8 Å². The minimum absolute atomic E-state index is 0.0662. The molecule has 0 N–H and O–H groups in total. The van der Waals surface area contributed by atoms with Crippen molar-refractivity contribution < 1.29 is 33.4 Å². The van der Waals surface area contributed by atoms with Gasteiger partial charge < -0.3 is 14.2 Å². The van der Waals surface area contributed by atoms with Crippen LogP contribution in [0.15, 0.2) is 35.5 Å². The Kier molecular flexibility index (Phi) is 7.91. The molecule has 0 fully saturated rings. The van der Waals surface area contributed by atoms with Crippen molar-refractivity contribution in [2.24, 2.45) is 5.18 Å². The molecule has 0 aliphatic rings. The van der Waals surface area contributed by atoms with Crippen LogP contribution in [0, 0.1) is 4.91 Å². The predicted octanol–water partition coefficient (Wildman–Crippen LogP) is 1.10. The molecule has 1 aromatic carbocycles. The van der Waals surface area contributed by atoms with Crippen LogP contribution in [-0.4, -0.2) is 43.1 Å². The van der Waals surface area contributed by atoms with E-state index in [0.717, 1.165) is 0 Å². The Bertz CT molecular complexity index is 625. The van der Waals surface area contributed by atoms with Crippen LogP contribution in [0.3, 0.4) is 0 Å². The number of carbonyl (C=O) groups excluding carboxylic acids is 4. The fraction of sp³-hybridized carbons (Fsp3) is 0.375. The van der Waals surface area contributed by atoms with E-state index in [1.807, 2.05) is 0 Å². The summed E-state index contributed by atoms with van der Waals surface area (Å²) in [5.41, 5.74) is 0.128. The van der Waals surface area contributed by atoms with Crippen LogP contribution in [0.2, 0.25) is 0 Å². The minimum Gasteiger partial charge on any atom is -0.463 e. The van der Waals surface area contributed by atoms with Gasteiger partial charge in [-0.2, -0.15) is 0 Å². The molecule has 0 saturated heterocycles. The number of esters is 3.